The van der Waals surface area contributed by atoms with Crippen LogP contribution in [0, 0.1) is 11.2 Å². The van der Waals surface area contributed by atoms with Crippen molar-refractivity contribution >= 4 is 34.2 Å². The number of amides is 1. The summed E-state index contributed by atoms with van der Waals surface area (Å²) in [4.78, 5) is 14.2. The van der Waals surface area contributed by atoms with Gasteiger partial charge in [0.05, 0.1) is 5.56 Å². The molecule has 0 aliphatic carbocycles. The second-order valence-electron chi connectivity index (χ2n) is 5.84. The van der Waals surface area contributed by atoms with Crippen molar-refractivity contribution in [1.29, 1.82) is 0 Å². The fourth-order valence-electron chi connectivity index (χ4n) is 3.24. The van der Waals surface area contributed by atoms with Gasteiger partial charge in [0.2, 0.25) is 0 Å². The average molecular weight is 378 g/mol. The molecule has 3 nitrogen and oxygen atoms in total. The summed E-state index contributed by atoms with van der Waals surface area (Å²) in [6.45, 7) is 3.59. The van der Waals surface area contributed by atoms with Gasteiger partial charge in [0.25, 0.3) is 5.91 Å². The molecule has 0 radical (unpaired) electrons. The Morgan fingerprint density at radius 1 is 1.29 bits per heavy atom. The Bertz CT molecular complexity index is 524. The molecule has 1 aromatic carbocycles. The first-order valence-corrected chi connectivity index (χ1v) is 7.84. The molecule has 0 aromatic heterocycles. The lowest BCUT2D eigenvalue weighted by Gasteiger charge is -2.38. The van der Waals surface area contributed by atoms with Crippen molar-refractivity contribution in [2.24, 2.45) is 5.41 Å². The smallest absolute Gasteiger partial charge is 0.256 e. The van der Waals surface area contributed by atoms with Gasteiger partial charge in [-0.2, -0.15) is 0 Å². The molecule has 0 atom stereocenters. The fourth-order valence-corrected chi connectivity index (χ4v) is 3.60. The Kier molecular flexibility index (Phi) is 5.28. The van der Waals surface area contributed by atoms with Crippen LogP contribution in [0.15, 0.2) is 22.7 Å². The summed E-state index contributed by atoms with van der Waals surface area (Å²) in [6.07, 6.45) is 3.23. The van der Waals surface area contributed by atoms with Gasteiger partial charge in [-0.05, 0) is 49.4 Å². The standard InChI is InChI=1S/C15H18BrFN2O.ClH/c16-11-1-2-13(17)12(9-11)14(20)19-7-4-15(5-8-19)3-6-18-10-15;/h1-2,9,18H,3-8,10H2;1H. The van der Waals surface area contributed by atoms with E-state index < -0.39 is 5.82 Å². The minimum Gasteiger partial charge on any atom is -0.339 e. The highest BCUT2D eigenvalue weighted by Crippen LogP contribution is 2.37. The quantitative estimate of drug-likeness (QED) is 0.815. The summed E-state index contributed by atoms with van der Waals surface area (Å²) in [5.74, 6) is -0.634. The summed E-state index contributed by atoms with van der Waals surface area (Å²) in [6, 6.07) is 4.52. The third kappa shape index (κ3) is 3.41. The van der Waals surface area contributed by atoms with Crippen molar-refractivity contribution in [3.8, 4) is 0 Å². The second kappa shape index (κ2) is 6.63. The molecule has 0 bridgehead atoms. The highest BCUT2D eigenvalue weighted by Gasteiger charge is 2.38. The van der Waals surface area contributed by atoms with Crippen LogP contribution < -0.4 is 5.32 Å². The number of carbonyl (C=O) groups excluding carboxylic acids is 1. The Balaban J connectivity index is 0.00000161. The fraction of sp³-hybridized carbons (Fsp3) is 0.533. The largest absolute Gasteiger partial charge is 0.339 e. The maximum atomic E-state index is 13.8. The normalized spacial score (nSPS) is 20.4. The number of carbonyl (C=O) groups is 1. The lowest BCUT2D eigenvalue weighted by atomic mass is 9.78. The number of nitrogens with zero attached hydrogens (tertiary/aromatic N) is 1. The number of hydrogen-bond donors (Lipinski definition) is 1. The lowest BCUT2D eigenvalue weighted by Crippen LogP contribution is -2.44. The van der Waals surface area contributed by atoms with Crippen molar-refractivity contribution in [1.82, 2.24) is 10.2 Å². The number of rotatable bonds is 1. The van der Waals surface area contributed by atoms with Crippen LogP contribution in [-0.2, 0) is 0 Å². The van der Waals surface area contributed by atoms with E-state index in [0.29, 0.717) is 5.41 Å². The third-order valence-corrected chi connectivity index (χ3v) is 5.10. The molecular formula is C15H19BrClFN2O. The van der Waals surface area contributed by atoms with E-state index >= 15 is 0 Å². The molecule has 1 N–H and O–H groups in total. The molecule has 6 heteroatoms. The monoisotopic (exact) mass is 376 g/mol. The molecule has 2 saturated heterocycles. The molecule has 1 amide bonds. The van der Waals surface area contributed by atoms with Crippen LogP contribution in [0.2, 0.25) is 0 Å². The molecule has 116 valence electrons. The number of likely N-dealkylation sites (tertiary alicyclic amines) is 1. The van der Waals surface area contributed by atoms with Crippen LogP contribution in [0.3, 0.4) is 0 Å². The molecule has 0 saturated carbocycles. The molecule has 2 fully saturated rings. The van der Waals surface area contributed by atoms with E-state index in [1.54, 1.807) is 17.0 Å². The molecule has 21 heavy (non-hydrogen) atoms. The molecule has 2 aliphatic heterocycles. The van der Waals surface area contributed by atoms with Crippen LogP contribution >= 0.6 is 28.3 Å². The van der Waals surface area contributed by atoms with E-state index in [0.717, 1.165) is 43.5 Å². The molecular weight excluding hydrogens is 359 g/mol. The summed E-state index contributed by atoms with van der Waals surface area (Å²) in [7, 11) is 0. The van der Waals surface area contributed by atoms with Crippen LogP contribution in [-0.4, -0.2) is 37.0 Å². The van der Waals surface area contributed by atoms with Crippen molar-refractivity contribution in [2.75, 3.05) is 26.2 Å². The summed E-state index contributed by atoms with van der Waals surface area (Å²) in [5, 5.41) is 3.41. The van der Waals surface area contributed by atoms with E-state index in [2.05, 4.69) is 21.2 Å². The number of piperidine rings is 1. The number of hydrogen-bond acceptors (Lipinski definition) is 2. The van der Waals surface area contributed by atoms with Crippen molar-refractivity contribution in [3.63, 3.8) is 0 Å². The van der Waals surface area contributed by atoms with Gasteiger partial charge in [-0.25, -0.2) is 4.39 Å². The molecule has 1 aromatic rings. The van der Waals surface area contributed by atoms with Gasteiger partial charge in [0.1, 0.15) is 5.82 Å². The summed E-state index contributed by atoms with van der Waals surface area (Å²) < 4.78 is 14.5. The SMILES string of the molecule is Cl.O=C(c1cc(Br)ccc1F)N1CCC2(CCNC2)CC1. The minimum atomic E-state index is -0.444. The maximum Gasteiger partial charge on any atom is 0.256 e. The van der Waals surface area contributed by atoms with Crippen LogP contribution in [0.25, 0.3) is 0 Å². The van der Waals surface area contributed by atoms with Gasteiger partial charge in [0.15, 0.2) is 0 Å². The zero-order valence-electron chi connectivity index (χ0n) is 11.7. The molecule has 3 rings (SSSR count). The number of halogens is 3. The van der Waals surface area contributed by atoms with Gasteiger partial charge < -0.3 is 10.2 Å². The third-order valence-electron chi connectivity index (χ3n) is 4.60. The average Bonchev–Trinajstić information content (AvgIpc) is 2.90. The Hall–Kier alpha value is -0.650. The van der Waals surface area contributed by atoms with Gasteiger partial charge in [-0.15, -0.1) is 12.4 Å². The minimum absolute atomic E-state index is 0. The van der Waals surface area contributed by atoms with Crippen molar-refractivity contribution in [3.05, 3.63) is 34.1 Å². The summed E-state index contributed by atoms with van der Waals surface area (Å²) >= 11 is 3.29. The Labute approximate surface area is 138 Å². The first-order valence-electron chi connectivity index (χ1n) is 7.05. The first kappa shape index (κ1) is 16.7. The lowest BCUT2D eigenvalue weighted by molar-refractivity contribution is 0.0603. The number of benzene rings is 1. The van der Waals surface area contributed by atoms with Crippen LogP contribution in [0.1, 0.15) is 29.6 Å². The van der Waals surface area contributed by atoms with Gasteiger partial charge in [0, 0.05) is 24.1 Å². The summed E-state index contributed by atoms with van der Waals surface area (Å²) in [5.41, 5.74) is 0.534. The predicted octanol–water partition coefficient (Wildman–Crippen LogP) is 3.23. The van der Waals surface area contributed by atoms with Crippen LogP contribution in [0.4, 0.5) is 4.39 Å². The van der Waals surface area contributed by atoms with Gasteiger partial charge >= 0.3 is 0 Å². The van der Waals surface area contributed by atoms with Gasteiger partial charge in [-0.1, -0.05) is 15.9 Å². The van der Waals surface area contributed by atoms with E-state index in [1.807, 2.05) is 0 Å². The van der Waals surface area contributed by atoms with Gasteiger partial charge in [-0.3, -0.25) is 4.79 Å². The van der Waals surface area contributed by atoms with E-state index in [1.165, 1.54) is 12.5 Å². The number of nitrogens with one attached hydrogen (secondary N) is 1. The predicted molar refractivity (Wildman–Crippen MR) is 86.4 cm³/mol. The highest BCUT2D eigenvalue weighted by atomic mass is 79.9. The molecule has 2 aliphatic rings. The molecule has 0 unspecified atom stereocenters. The molecule has 1 spiro atoms. The Morgan fingerprint density at radius 2 is 2.00 bits per heavy atom. The molecule has 2 heterocycles. The van der Waals surface area contributed by atoms with Crippen molar-refractivity contribution in [2.45, 2.75) is 19.3 Å². The van der Waals surface area contributed by atoms with E-state index in [4.69, 9.17) is 0 Å². The van der Waals surface area contributed by atoms with E-state index in [9.17, 15) is 9.18 Å². The Morgan fingerprint density at radius 3 is 2.62 bits per heavy atom. The highest BCUT2D eigenvalue weighted by molar-refractivity contribution is 9.10. The zero-order chi connectivity index (χ0) is 14.2. The van der Waals surface area contributed by atoms with Crippen molar-refractivity contribution < 1.29 is 9.18 Å². The van der Waals surface area contributed by atoms with Crippen LogP contribution in [0.5, 0.6) is 0 Å². The zero-order valence-corrected chi connectivity index (χ0v) is 14.1. The first-order chi connectivity index (χ1) is 9.60. The topological polar surface area (TPSA) is 32.3 Å². The maximum absolute atomic E-state index is 13.8. The van der Waals surface area contributed by atoms with E-state index in [-0.39, 0.29) is 23.9 Å². The second-order valence-corrected chi connectivity index (χ2v) is 6.76.